The molecule has 0 amide bonds. The Morgan fingerprint density at radius 3 is 2.30 bits per heavy atom. The van der Waals surface area contributed by atoms with Gasteiger partial charge in [0.1, 0.15) is 12.4 Å². The molecular weight excluding hydrogens is 248 g/mol. The number of para-hydroxylation sites is 1. The zero-order valence-electron chi connectivity index (χ0n) is 12.0. The van der Waals surface area contributed by atoms with Gasteiger partial charge in [-0.15, -0.1) is 0 Å². The van der Waals surface area contributed by atoms with Gasteiger partial charge in [-0.3, -0.25) is 0 Å². The third-order valence-electron chi connectivity index (χ3n) is 3.12. The van der Waals surface area contributed by atoms with E-state index in [9.17, 15) is 0 Å². The maximum absolute atomic E-state index is 5.76. The Labute approximate surface area is 121 Å². The monoisotopic (exact) mass is 270 g/mol. The van der Waals surface area contributed by atoms with E-state index in [1.807, 2.05) is 42.5 Å². The normalized spacial score (nSPS) is 10.2. The highest BCUT2D eigenvalue weighted by atomic mass is 16.5. The quantitative estimate of drug-likeness (QED) is 0.782. The molecule has 0 atom stereocenters. The number of hydrogen-bond acceptors (Lipinski definition) is 3. The highest BCUT2D eigenvalue weighted by molar-refractivity contribution is 5.53. The van der Waals surface area contributed by atoms with Crippen LogP contribution in [0.1, 0.15) is 13.3 Å². The molecule has 2 N–H and O–H groups in total. The summed E-state index contributed by atoms with van der Waals surface area (Å²) in [5.74, 6) is 0.918. The molecule has 3 nitrogen and oxygen atoms in total. The first-order valence-corrected chi connectivity index (χ1v) is 7.08. The van der Waals surface area contributed by atoms with Crippen molar-refractivity contribution in [2.24, 2.45) is 0 Å². The average molecular weight is 270 g/mol. The fraction of sp³-hybridized carbons (Fsp3) is 0.294. The third-order valence-corrected chi connectivity index (χ3v) is 3.12. The van der Waals surface area contributed by atoms with Crippen LogP contribution in [0.2, 0.25) is 0 Å². The topological polar surface area (TPSA) is 38.5 Å². The summed E-state index contributed by atoms with van der Waals surface area (Å²) in [5, 5.41) is 0. The predicted molar refractivity (Wildman–Crippen MR) is 85.3 cm³/mol. The molecule has 0 aliphatic heterocycles. The summed E-state index contributed by atoms with van der Waals surface area (Å²) in [4.78, 5) is 2.32. The number of nitrogens with zero attached hydrogens (tertiary/aromatic N) is 1. The van der Waals surface area contributed by atoms with Crippen LogP contribution in [0.15, 0.2) is 54.6 Å². The van der Waals surface area contributed by atoms with Crippen molar-refractivity contribution in [3.8, 4) is 5.75 Å². The SMILES string of the molecule is CCCN(CCOc1ccccc1)c1ccc(N)cc1. The van der Waals surface area contributed by atoms with Crippen LogP contribution in [0.5, 0.6) is 5.75 Å². The maximum atomic E-state index is 5.76. The summed E-state index contributed by atoms with van der Waals surface area (Å²) in [6, 6.07) is 17.9. The van der Waals surface area contributed by atoms with Gasteiger partial charge < -0.3 is 15.4 Å². The van der Waals surface area contributed by atoms with Crippen molar-refractivity contribution in [3.05, 3.63) is 54.6 Å². The van der Waals surface area contributed by atoms with Crippen LogP contribution in [0.3, 0.4) is 0 Å². The van der Waals surface area contributed by atoms with Crippen LogP contribution in [0.4, 0.5) is 11.4 Å². The zero-order valence-corrected chi connectivity index (χ0v) is 12.0. The molecular formula is C17H22N2O. The first kappa shape index (κ1) is 14.3. The van der Waals surface area contributed by atoms with Crippen LogP contribution in [-0.2, 0) is 0 Å². The Morgan fingerprint density at radius 1 is 0.950 bits per heavy atom. The summed E-state index contributed by atoms with van der Waals surface area (Å²) < 4.78 is 5.76. The van der Waals surface area contributed by atoms with Crippen molar-refractivity contribution < 1.29 is 4.74 Å². The van der Waals surface area contributed by atoms with Gasteiger partial charge in [0.05, 0.1) is 6.54 Å². The molecule has 2 aromatic rings. The van der Waals surface area contributed by atoms with Gasteiger partial charge in [0.25, 0.3) is 0 Å². The van der Waals surface area contributed by atoms with Gasteiger partial charge in [-0.25, -0.2) is 0 Å². The Kier molecular flexibility index (Phi) is 5.30. The molecule has 0 radical (unpaired) electrons. The zero-order chi connectivity index (χ0) is 14.2. The molecule has 0 aromatic heterocycles. The van der Waals surface area contributed by atoms with E-state index in [1.54, 1.807) is 0 Å². The molecule has 20 heavy (non-hydrogen) atoms. The van der Waals surface area contributed by atoms with Gasteiger partial charge in [-0.2, -0.15) is 0 Å². The van der Waals surface area contributed by atoms with Gasteiger partial charge in [0, 0.05) is 17.9 Å². The van der Waals surface area contributed by atoms with E-state index in [2.05, 4.69) is 24.0 Å². The molecule has 0 bridgehead atoms. The summed E-state index contributed by atoms with van der Waals surface area (Å²) in [5.41, 5.74) is 7.72. The van der Waals surface area contributed by atoms with Crippen molar-refractivity contribution in [2.45, 2.75) is 13.3 Å². The Hall–Kier alpha value is -2.16. The van der Waals surface area contributed by atoms with Crippen LogP contribution < -0.4 is 15.4 Å². The van der Waals surface area contributed by atoms with Crippen LogP contribution in [0, 0.1) is 0 Å². The molecule has 2 rings (SSSR count). The fourth-order valence-corrected chi connectivity index (χ4v) is 2.12. The van der Waals surface area contributed by atoms with Gasteiger partial charge >= 0.3 is 0 Å². The van der Waals surface area contributed by atoms with Crippen molar-refractivity contribution in [3.63, 3.8) is 0 Å². The number of benzene rings is 2. The summed E-state index contributed by atoms with van der Waals surface area (Å²) in [6.45, 7) is 4.74. The molecule has 0 saturated carbocycles. The minimum atomic E-state index is 0.675. The van der Waals surface area contributed by atoms with Gasteiger partial charge in [0.15, 0.2) is 0 Å². The van der Waals surface area contributed by atoms with Crippen molar-refractivity contribution in [2.75, 3.05) is 30.3 Å². The second-order valence-corrected chi connectivity index (χ2v) is 4.74. The van der Waals surface area contributed by atoms with Crippen molar-refractivity contribution in [1.29, 1.82) is 0 Å². The molecule has 3 heteroatoms. The smallest absolute Gasteiger partial charge is 0.119 e. The maximum Gasteiger partial charge on any atom is 0.119 e. The lowest BCUT2D eigenvalue weighted by Crippen LogP contribution is -2.29. The van der Waals surface area contributed by atoms with Crippen LogP contribution in [-0.4, -0.2) is 19.7 Å². The summed E-state index contributed by atoms with van der Waals surface area (Å²) in [6.07, 6.45) is 1.11. The van der Waals surface area contributed by atoms with E-state index in [0.29, 0.717) is 6.61 Å². The Bertz CT molecular complexity index is 496. The summed E-state index contributed by atoms with van der Waals surface area (Å²) >= 11 is 0. The molecule has 2 aromatic carbocycles. The van der Waals surface area contributed by atoms with Crippen molar-refractivity contribution in [1.82, 2.24) is 0 Å². The predicted octanol–water partition coefficient (Wildman–Crippen LogP) is 3.56. The molecule has 106 valence electrons. The molecule has 0 saturated heterocycles. The summed E-state index contributed by atoms with van der Waals surface area (Å²) in [7, 11) is 0. The molecule has 0 heterocycles. The lowest BCUT2D eigenvalue weighted by atomic mass is 10.2. The van der Waals surface area contributed by atoms with E-state index in [0.717, 1.165) is 30.9 Å². The number of rotatable bonds is 7. The van der Waals surface area contributed by atoms with Crippen LogP contribution >= 0.6 is 0 Å². The van der Waals surface area contributed by atoms with Gasteiger partial charge in [0.2, 0.25) is 0 Å². The first-order valence-electron chi connectivity index (χ1n) is 7.08. The van der Waals surface area contributed by atoms with E-state index in [-0.39, 0.29) is 0 Å². The molecule has 0 aliphatic carbocycles. The van der Waals surface area contributed by atoms with E-state index in [4.69, 9.17) is 10.5 Å². The lowest BCUT2D eigenvalue weighted by Gasteiger charge is -2.24. The first-order chi connectivity index (χ1) is 9.79. The number of ether oxygens (including phenoxy) is 1. The highest BCUT2D eigenvalue weighted by Crippen LogP contribution is 2.17. The van der Waals surface area contributed by atoms with E-state index in [1.165, 1.54) is 5.69 Å². The number of anilines is 2. The van der Waals surface area contributed by atoms with E-state index < -0.39 is 0 Å². The second-order valence-electron chi connectivity index (χ2n) is 4.74. The Balaban J connectivity index is 1.90. The largest absolute Gasteiger partial charge is 0.492 e. The third kappa shape index (κ3) is 4.19. The lowest BCUT2D eigenvalue weighted by molar-refractivity contribution is 0.323. The second kappa shape index (κ2) is 7.43. The highest BCUT2D eigenvalue weighted by Gasteiger charge is 2.05. The molecule has 0 fully saturated rings. The Morgan fingerprint density at radius 2 is 1.65 bits per heavy atom. The fourth-order valence-electron chi connectivity index (χ4n) is 2.12. The van der Waals surface area contributed by atoms with Crippen molar-refractivity contribution >= 4 is 11.4 Å². The minimum Gasteiger partial charge on any atom is -0.492 e. The number of hydrogen-bond donors (Lipinski definition) is 1. The standard InChI is InChI=1S/C17H22N2O/c1-2-12-19(16-10-8-15(18)9-11-16)13-14-20-17-6-4-3-5-7-17/h3-11H,2,12-14,18H2,1H3. The van der Waals surface area contributed by atoms with Gasteiger partial charge in [-0.1, -0.05) is 25.1 Å². The number of nitrogens with two attached hydrogens (primary N) is 1. The molecule has 0 aliphatic rings. The molecule has 0 unspecified atom stereocenters. The number of nitrogen functional groups attached to an aromatic ring is 1. The van der Waals surface area contributed by atoms with Crippen LogP contribution in [0.25, 0.3) is 0 Å². The molecule has 0 spiro atoms. The average Bonchev–Trinajstić information content (AvgIpc) is 2.48. The minimum absolute atomic E-state index is 0.675. The van der Waals surface area contributed by atoms with Gasteiger partial charge in [-0.05, 0) is 42.8 Å². The van der Waals surface area contributed by atoms with E-state index >= 15 is 0 Å².